The van der Waals surface area contributed by atoms with Crippen molar-refractivity contribution in [2.45, 2.75) is 138 Å². The van der Waals surface area contributed by atoms with E-state index < -0.39 is 71.6 Å². The molecule has 0 bridgehead atoms. The Morgan fingerprint density at radius 2 is 1.40 bits per heavy atom. The first-order valence-corrected chi connectivity index (χ1v) is 24.6. The van der Waals surface area contributed by atoms with Crippen LogP contribution in [0.15, 0.2) is 60.9 Å². The third-order valence-corrected chi connectivity index (χ3v) is 15.3. The lowest BCUT2D eigenvalue weighted by atomic mass is 9.84. The number of carbonyl (C=O) groups excluding carboxylic acids is 6. The molecule has 4 aromatic rings. The fraction of sp³-hybridized carbons (Fsp3) is 0.560. The second-order valence-corrected chi connectivity index (χ2v) is 19.5. The number of aromatic nitrogens is 2. The molecule has 2 saturated carbocycles. The van der Waals surface area contributed by atoms with Crippen LogP contribution in [0.25, 0.3) is 21.8 Å². The lowest BCUT2D eigenvalue weighted by Crippen LogP contribution is -2.66. The van der Waals surface area contributed by atoms with Crippen molar-refractivity contribution in [1.82, 2.24) is 51.7 Å². The highest BCUT2D eigenvalue weighted by Crippen LogP contribution is 2.42. The van der Waals surface area contributed by atoms with Crippen LogP contribution in [-0.2, 0) is 41.6 Å². The number of H-pyrrole nitrogens is 2. The number of para-hydroxylation sites is 2. The van der Waals surface area contributed by atoms with Crippen molar-refractivity contribution < 1.29 is 38.6 Å². The predicted octanol–water partition coefficient (Wildman–Crippen LogP) is 2.61. The molecule has 9 N–H and O–H groups in total. The molecule has 3 aliphatic heterocycles. The number of methoxy groups -OCH3 is 1. The molecule has 18 nitrogen and oxygen atoms in total. The molecule has 2 aromatic heterocycles. The van der Waals surface area contributed by atoms with Crippen LogP contribution in [0.2, 0.25) is 0 Å². The van der Waals surface area contributed by atoms with Crippen molar-refractivity contribution in [2.75, 3.05) is 33.4 Å². The van der Waals surface area contributed by atoms with Crippen LogP contribution >= 0.6 is 0 Å². The molecule has 5 fully saturated rings. The van der Waals surface area contributed by atoms with Gasteiger partial charge in [-0.3, -0.25) is 28.9 Å². The maximum atomic E-state index is 15.2. The minimum absolute atomic E-state index is 0.0553. The van der Waals surface area contributed by atoms with E-state index in [1.807, 2.05) is 60.9 Å². The summed E-state index contributed by atoms with van der Waals surface area (Å²) in [5.74, 6) is -2.23. The van der Waals surface area contributed by atoms with Crippen LogP contribution in [0.5, 0.6) is 0 Å². The summed E-state index contributed by atoms with van der Waals surface area (Å²) in [5.41, 5.74) is 1.90. The van der Waals surface area contributed by atoms with Crippen molar-refractivity contribution in [3.05, 3.63) is 72.1 Å². The normalized spacial score (nSPS) is 28.3. The van der Waals surface area contributed by atoms with Crippen molar-refractivity contribution >= 4 is 57.4 Å². The molecule has 5 aliphatic rings. The van der Waals surface area contributed by atoms with E-state index in [2.05, 4.69) is 41.9 Å². The van der Waals surface area contributed by atoms with E-state index >= 15 is 4.79 Å². The van der Waals surface area contributed by atoms with Gasteiger partial charge in [0.05, 0.1) is 18.7 Å². The number of benzene rings is 2. The molecule has 1 unspecified atom stereocenters. The van der Waals surface area contributed by atoms with Gasteiger partial charge in [0.25, 0.3) is 0 Å². The van der Waals surface area contributed by atoms with Crippen molar-refractivity contribution in [1.29, 1.82) is 0 Å². The third kappa shape index (κ3) is 9.81. The van der Waals surface area contributed by atoms with Crippen molar-refractivity contribution in [3.8, 4) is 0 Å². The van der Waals surface area contributed by atoms with Crippen molar-refractivity contribution in [3.63, 3.8) is 0 Å². The average Bonchev–Trinajstić information content (AvgIpc) is 4.21. The summed E-state index contributed by atoms with van der Waals surface area (Å²) in [6.07, 6.45) is 9.39. The second kappa shape index (κ2) is 20.7. The SMILES string of the molecule is COCCNC(=O)NCC[C@@H]1NC(=O)[C@H](Cc2c[nH]c3ccccc23)NC(=O)C2(CCCC2)NC(=O)[C@H](Cc2c[nH]c3ccccc23)NC(=O)[C@@H]2C[C@@H]3CCCC[C@@H]3N2C(=O)[C@H]2CCCN2C1O. The number of carbonyl (C=O) groups is 6. The largest absolute Gasteiger partial charge is 0.383 e. The molecule has 8 atom stereocenters. The van der Waals surface area contributed by atoms with Gasteiger partial charge in [-0.2, -0.15) is 0 Å². The summed E-state index contributed by atoms with van der Waals surface area (Å²) in [7, 11) is 1.53. The zero-order chi connectivity index (χ0) is 47.4. The molecule has 3 saturated heterocycles. The third-order valence-electron chi connectivity index (χ3n) is 15.3. The molecule has 18 heteroatoms. The topological polar surface area (TPSA) is 242 Å². The zero-order valence-electron chi connectivity index (χ0n) is 38.8. The first-order valence-electron chi connectivity index (χ1n) is 24.6. The lowest BCUT2D eigenvalue weighted by Gasteiger charge is -2.40. The van der Waals surface area contributed by atoms with E-state index in [0.29, 0.717) is 58.1 Å². The van der Waals surface area contributed by atoms with Crippen LogP contribution in [0.1, 0.15) is 88.2 Å². The van der Waals surface area contributed by atoms with E-state index in [-0.39, 0.29) is 50.2 Å². The number of nitrogens with zero attached hydrogens (tertiary/aromatic N) is 2. The highest BCUT2D eigenvalue weighted by Gasteiger charge is 2.52. The van der Waals surface area contributed by atoms with Crippen LogP contribution in [0.4, 0.5) is 4.79 Å². The molecular formula is C50H66N10O8. The van der Waals surface area contributed by atoms with E-state index in [4.69, 9.17) is 4.74 Å². The van der Waals surface area contributed by atoms with E-state index in [0.717, 1.165) is 58.6 Å². The Bertz CT molecular complexity index is 2480. The minimum atomic E-state index is -1.41. The van der Waals surface area contributed by atoms with Gasteiger partial charge in [-0.15, -0.1) is 0 Å². The van der Waals surface area contributed by atoms with Gasteiger partial charge in [0.2, 0.25) is 29.5 Å². The van der Waals surface area contributed by atoms with E-state index in [1.165, 1.54) is 7.11 Å². The molecule has 68 heavy (non-hydrogen) atoms. The number of rotatable bonds is 10. The number of hydrogen-bond acceptors (Lipinski definition) is 9. The molecule has 5 heterocycles. The highest BCUT2D eigenvalue weighted by molar-refractivity contribution is 5.99. The van der Waals surface area contributed by atoms with E-state index in [1.54, 1.807) is 9.80 Å². The number of aliphatic hydroxyl groups is 1. The number of aromatic amines is 2. The predicted molar refractivity (Wildman–Crippen MR) is 254 cm³/mol. The molecule has 9 rings (SSSR count). The molecule has 2 aromatic carbocycles. The quantitative estimate of drug-likeness (QED) is 0.106. The van der Waals surface area contributed by atoms with Gasteiger partial charge in [0.15, 0.2) is 0 Å². The number of fused-ring (bicyclic) bond motifs is 6. The zero-order valence-corrected chi connectivity index (χ0v) is 38.8. The van der Waals surface area contributed by atoms with Gasteiger partial charge in [-0.05, 0) is 80.5 Å². The van der Waals surface area contributed by atoms with Crippen LogP contribution < -0.4 is 31.9 Å². The van der Waals surface area contributed by atoms with Crippen LogP contribution in [0, 0.1) is 5.92 Å². The Hall–Kier alpha value is -5.98. The Morgan fingerprint density at radius 3 is 2.09 bits per heavy atom. The molecule has 2 aliphatic carbocycles. The standard InChI is InChI=1S/C50H66N10O8/c1-68-24-22-52-49(67)51-21-18-37-46(64)59-23-10-17-41(59)47(65)60-40-16-7-2-11-30(40)27-42(60)45(63)56-39(26-32-29-54-36-15-6-4-13-34(32)36)44(62)58-50(19-8-9-20-50)48(66)57-38(43(61)55-37)25-31-28-53-35-14-5-3-12-33(31)35/h3-6,12-15,28-30,37-42,46,53-54,64H,2,7-11,16-27H2,1H3,(H,55,61)(H,56,63)(H,57,66)(H,58,62)(H2,51,52,67)/t30-,37-,38-,39-,40-,41+,42-,46?/m0/s1. The summed E-state index contributed by atoms with van der Waals surface area (Å²) >= 11 is 0. The number of ether oxygens (including phenoxy) is 1. The number of nitrogens with one attached hydrogen (secondary N) is 8. The summed E-state index contributed by atoms with van der Waals surface area (Å²) < 4.78 is 5.06. The Morgan fingerprint density at radius 1 is 0.750 bits per heavy atom. The molecule has 1 spiro atoms. The van der Waals surface area contributed by atoms with Crippen molar-refractivity contribution in [2.24, 2.45) is 5.92 Å². The molecular weight excluding hydrogens is 869 g/mol. The van der Waals surface area contributed by atoms with Gasteiger partial charge in [0, 0.05) is 79.8 Å². The number of urea groups is 1. The van der Waals surface area contributed by atoms with Gasteiger partial charge in [-0.1, -0.05) is 62.1 Å². The smallest absolute Gasteiger partial charge is 0.314 e. The number of amides is 7. The van der Waals surface area contributed by atoms with Crippen LogP contribution in [-0.4, -0.2) is 142 Å². The number of aliphatic hydroxyl groups excluding tert-OH is 1. The summed E-state index contributed by atoms with van der Waals surface area (Å²) in [6.45, 7) is 0.997. The first-order chi connectivity index (χ1) is 33.0. The van der Waals surface area contributed by atoms with Gasteiger partial charge in [-0.25, -0.2) is 4.79 Å². The Kier molecular flexibility index (Phi) is 14.3. The Balaban J connectivity index is 1.09. The maximum Gasteiger partial charge on any atom is 0.314 e. The van der Waals surface area contributed by atoms with Gasteiger partial charge >= 0.3 is 6.03 Å². The van der Waals surface area contributed by atoms with E-state index in [9.17, 15) is 29.1 Å². The number of hydrogen-bond donors (Lipinski definition) is 9. The molecule has 7 amide bonds. The molecule has 364 valence electrons. The van der Waals surface area contributed by atoms with Crippen LogP contribution in [0.3, 0.4) is 0 Å². The fourth-order valence-electron chi connectivity index (χ4n) is 11.8. The van der Waals surface area contributed by atoms with Gasteiger partial charge in [0.1, 0.15) is 29.9 Å². The summed E-state index contributed by atoms with van der Waals surface area (Å²) in [6, 6.07) is 9.78. The fourth-order valence-corrected chi connectivity index (χ4v) is 11.8. The second-order valence-electron chi connectivity index (χ2n) is 19.5. The maximum absolute atomic E-state index is 15.2. The molecule has 0 radical (unpaired) electrons. The monoisotopic (exact) mass is 935 g/mol. The Labute approximate surface area is 395 Å². The van der Waals surface area contributed by atoms with Gasteiger partial charge < -0.3 is 56.6 Å². The summed E-state index contributed by atoms with van der Waals surface area (Å²) in [5, 5.41) is 32.1. The minimum Gasteiger partial charge on any atom is -0.383 e. The average molecular weight is 935 g/mol. The summed E-state index contributed by atoms with van der Waals surface area (Å²) in [4.78, 5) is 97.9. The lowest BCUT2D eigenvalue weighted by molar-refractivity contribution is -0.149. The highest BCUT2D eigenvalue weighted by atomic mass is 16.5. The first kappa shape index (κ1) is 47.1.